The summed E-state index contributed by atoms with van der Waals surface area (Å²) in [5.41, 5.74) is 3.13. The largest absolute Gasteiger partial charge is 0.263 e. The summed E-state index contributed by atoms with van der Waals surface area (Å²) in [4.78, 5) is 20.2. The number of aliphatic imine (C=N–C) groups is 1. The van der Waals surface area contributed by atoms with Crippen LogP contribution in [-0.2, 0) is 0 Å². The maximum absolute atomic E-state index is 13.5. The van der Waals surface area contributed by atoms with Crippen LogP contribution < -0.4 is 0 Å². The van der Waals surface area contributed by atoms with Crippen LogP contribution in [0.5, 0.6) is 0 Å². The first-order valence-electron chi connectivity index (χ1n) is 8.38. The van der Waals surface area contributed by atoms with Crippen molar-refractivity contribution >= 4 is 45.3 Å². The zero-order chi connectivity index (χ0) is 19.7. The number of nitrogens with zero attached hydrogens (tertiary/aromatic N) is 4. The van der Waals surface area contributed by atoms with Crippen molar-refractivity contribution in [3.05, 3.63) is 71.8 Å². The molecule has 0 aliphatic heterocycles. The molecule has 138 valence electrons. The minimum absolute atomic E-state index is 0.378. The zero-order valence-electron chi connectivity index (χ0n) is 15.0. The number of hydrogen-bond acceptors (Lipinski definition) is 6. The average molecular weight is 407 g/mol. The molecule has 7 heteroatoms. The number of allylic oxidation sites excluding steroid dienone is 2. The number of thiophene rings is 1. The predicted molar refractivity (Wildman–Crippen MR) is 116 cm³/mol. The first-order chi connectivity index (χ1) is 13.6. The minimum Gasteiger partial charge on any atom is -0.263 e. The lowest BCUT2D eigenvalue weighted by atomic mass is 10.2. The molecule has 0 bridgehead atoms. The highest BCUT2D eigenvalue weighted by Gasteiger charge is 2.15. The van der Waals surface area contributed by atoms with Gasteiger partial charge in [0.2, 0.25) is 0 Å². The molecule has 0 N–H and O–H groups in total. The minimum atomic E-state index is -0.378. The van der Waals surface area contributed by atoms with Crippen LogP contribution in [0.2, 0.25) is 0 Å². The van der Waals surface area contributed by atoms with Gasteiger partial charge in [0, 0.05) is 17.1 Å². The van der Waals surface area contributed by atoms with Crippen molar-refractivity contribution in [1.29, 1.82) is 0 Å². The average Bonchev–Trinajstić information content (AvgIpc) is 3.29. The summed E-state index contributed by atoms with van der Waals surface area (Å²) < 4.78 is 13.5. The fourth-order valence-electron chi connectivity index (χ4n) is 2.78. The maximum atomic E-state index is 13.5. The molecule has 28 heavy (non-hydrogen) atoms. The molecule has 4 rings (SSSR count). The van der Waals surface area contributed by atoms with Crippen LogP contribution in [0.4, 0.5) is 4.39 Å². The highest BCUT2D eigenvalue weighted by atomic mass is 32.1. The normalized spacial score (nSPS) is 11.7. The Morgan fingerprint density at radius 1 is 1.18 bits per heavy atom. The van der Waals surface area contributed by atoms with Crippen molar-refractivity contribution in [3.63, 3.8) is 0 Å². The van der Waals surface area contributed by atoms with E-state index in [1.807, 2.05) is 31.2 Å². The van der Waals surface area contributed by atoms with E-state index in [1.54, 1.807) is 23.6 Å². The van der Waals surface area contributed by atoms with Gasteiger partial charge in [0.1, 0.15) is 15.7 Å². The second-order valence-electron chi connectivity index (χ2n) is 5.97. The van der Waals surface area contributed by atoms with E-state index in [2.05, 4.69) is 28.3 Å². The molecule has 0 atom stereocenters. The molecule has 0 aliphatic carbocycles. The molecule has 4 aromatic heterocycles. The van der Waals surface area contributed by atoms with E-state index in [9.17, 15) is 4.39 Å². The summed E-state index contributed by atoms with van der Waals surface area (Å²) >= 11 is 3.03. The van der Waals surface area contributed by atoms with Gasteiger partial charge in [-0.15, -0.1) is 22.7 Å². The quantitative estimate of drug-likeness (QED) is 0.295. The second kappa shape index (κ2) is 7.53. The van der Waals surface area contributed by atoms with E-state index >= 15 is 0 Å². The predicted octanol–water partition coefficient (Wildman–Crippen LogP) is 6.16. The molecule has 0 unspecified atom stereocenters. The Hall–Kier alpha value is -3.03. The summed E-state index contributed by atoms with van der Waals surface area (Å²) in [6.45, 7) is 9.27. The van der Waals surface area contributed by atoms with Gasteiger partial charge in [-0.2, -0.15) is 0 Å². The van der Waals surface area contributed by atoms with E-state index < -0.39 is 0 Å². The smallest absolute Gasteiger partial charge is 0.142 e. The summed E-state index contributed by atoms with van der Waals surface area (Å²) in [5, 5.41) is 1.76. The molecule has 4 aromatic rings. The molecule has 0 aliphatic rings. The fourth-order valence-corrected chi connectivity index (χ4v) is 4.82. The monoisotopic (exact) mass is 406 g/mol. The molecule has 4 nitrogen and oxygen atoms in total. The summed E-state index contributed by atoms with van der Waals surface area (Å²) in [6.07, 6.45) is 6.31. The van der Waals surface area contributed by atoms with Gasteiger partial charge < -0.3 is 0 Å². The van der Waals surface area contributed by atoms with Gasteiger partial charge in [-0.1, -0.05) is 12.7 Å². The Balaban J connectivity index is 1.76. The van der Waals surface area contributed by atoms with Gasteiger partial charge in [-0.3, -0.25) is 9.98 Å². The van der Waals surface area contributed by atoms with Crippen LogP contribution in [0.25, 0.3) is 37.1 Å². The Labute approximate surface area is 169 Å². The Bertz CT molecular complexity index is 1240. The SMILES string of the molecule is C=C/C=C(\N=C)c1cc2ccc(-c3sc(-c4cncc(F)c4)nc3C)nc2s1. The second-order valence-corrected chi connectivity index (χ2v) is 8.00. The molecule has 0 radical (unpaired) electrons. The molecule has 0 spiro atoms. The number of aromatic nitrogens is 3. The molecule has 0 saturated carbocycles. The van der Waals surface area contributed by atoms with E-state index in [0.29, 0.717) is 5.56 Å². The molecule has 0 saturated heterocycles. The van der Waals surface area contributed by atoms with Crippen molar-refractivity contribution < 1.29 is 4.39 Å². The number of fused-ring (bicyclic) bond motifs is 1. The maximum Gasteiger partial charge on any atom is 0.142 e. The standard InChI is InChI=1S/C21H15FN4S2/c1-4-5-16(23-3)18-9-13-6-7-17(26-20(13)27-18)19-12(2)25-21(28-19)14-8-15(22)11-24-10-14/h4-11H,1,3H2,2H3/b16-5-. The number of thiazole rings is 1. The van der Waals surface area contributed by atoms with Gasteiger partial charge >= 0.3 is 0 Å². The van der Waals surface area contributed by atoms with E-state index in [1.165, 1.54) is 23.6 Å². The third-order valence-corrected chi connectivity index (χ3v) is 6.36. The molecule has 0 fully saturated rings. The van der Waals surface area contributed by atoms with Crippen LogP contribution >= 0.6 is 22.7 Å². The van der Waals surface area contributed by atoms with E-state index in [0.717, 1.165) is 42.1 Å². The summed E-state index contributed by atoms with van der Waals surface area (Å²) in [6, 6.07) is 7.50. The van der Waals surface area contributed by atoms with Crippen molar-refractivity contribution in [2.45, 2.75) is 6.92 Å². The molecule has 0 aromatic carbocycles. The van der Waals surface area contributed by atoms with Crippen LogP contribution in [-0.4, -0.2) is 21.7 Å². The van der Waals surface area contributed by atoms with Crippen LogP contribution in [0.15, 0.2) is 60.4 Å². The number of aryl methyl sites for hydroxylation is 1. The third kappa shape index (κ3) is 3.42. The first-order valence-corrected chi connectivity index (χ1v) is 10.0. The molecule has 0 amide bonds. The number of halogens is 1. The van der Waals surface area contributed by atoms with Gasteiger partial charge in [0.05, 0.1) is 33.0 Å². The van der Waals surface area contributed by atoms with Crippen LogP contribution in [0.3, 0.4) is 0 Å². The number of rotatable bonds is 5. The lowest BCUT2D eigenvalue weighted by molar-refractivity contribution is 0.622. The first kappa shape index (κ1) is 18.3. The number of hydrogen-bond donors (Lipinski definition) is 0. The van der Waals surface area contributed by atoms with Gasteiger partial charge in [-0.25, -0.2) is 14.4 Å². The Morgan fingerprint density at radius 2 is 2.04 bits per heavy atom. The summed E-state index contributed by atoms with van der Waals surface area (Å²) in [5.74, 6) is -0.378. The Morgan fingerprint density at radius 3 is 2.79 bits per heavy atom. The highest BCUT2D eigenvalue weighted by molar-refractivity contribution is 7.20. The third-order valence-electron chi connectivity index (χ3n) is 4.06. The zero-order valence-corrected chi connectivity index (χ0v) is 16.6. The van der Waals surface area contributed by atoms with Crippen molar-refractivity contribution in [3.8, 4) is 21.1 Å². The van der Waals surface area contributed by atoms with Gasteiger partial charge in [0.15, 0.2) is 0 Å². The fraction of sp³-hybridized carbons (Fsp3) is 0.0476. The molecule has 4 heterocycles. The van der Waals surface area contributed by atoms with Crippen LogP contribution in [0.1, 0.15) is 10.6 Å². The van der Waals surface area contributed by atoms with Gasteiger partial charge in [-0.05, 0) is 44.0 Å². The molecular formula is C21H15FN4S2. The van der Waals surface area contributed by atoms with Crippen molar-refractivity contribution in [2.75, 3.05) is 0 Å². The summed E-state index contributed by atoms with van der Waals surface area (Å²) in [7, 11) is 0. The van der Waals surface area contributed by atoms with Crippen LogP contribution in [0, 0.1) is 12.7 Å². The topological polar surface area (TPSA) is 51.0 Å². The lowest BCUT2D eigenvalue weighted by Gasteiger charge is -1.98. The van der Waals surface area contributed by atoms with Crippen molar-refractivity contribution in [1.82, 2.24) is 15.0 Å². The Kier molecular flexibility index (Phi) is 4.93. The highest BCUT2D eigenvalue weighted by Crippen LogP contribution is 2.37. The molecular weight excluding hydrogens is 391 g/mol. The van der Waals surface area contributed by atoms with Crippen molar-refractivity contribution in [2.24, 2.45) is 4.99 Å². The van der Waals surface area contributed by atoms with E-state index in [4.69, 9.17) is 4.98 Å². The van der Waals surface area contributed by atoms with E-state index in [-0.39, 0.29) is 5.82 Å². The lowest BCUT2D eigenvalue weighted by Crippen LogP contribution is -1.83. The number of pyridine rings is 2. The van der Waals surface area contributed by atoms with Gasteiger partial charge in [0.25, 0.3) is 0 Å².